The zero-order valence-electron chi connectivity index (χ0n) is 16.0. The molecule has 2 aromatic rings. The van der Waals surface area contributed by atoms with Gasteiger partial charge in [0, 0.05) is 24.7 Å². The SMILES string of the molecule is CCN(CC)S(=O)(=O)c1cc(Cl)ccc1OCC(=O)NCCc1ccccc1. The number of hydrogen-bond donors (Lipinski definition) is 1. The minimum atomic E-state index is -3.76. The maximum Gasteiger partial charge on any atom is 0.257 e. The molecule has 0 saturated heterocycles. The molecule has 2 aromatic carbocycles. The molecule has 0 bridgehead atoms. The van der Waals surface area contributed by atoms with Gasteiger partial charge in [0.15, 0.2) is 6.61 Å². The molecule has 0 aliphatic heterocycles. The zero-order chi connectivity index (χ0) is 20.6. The van der Waals surface area contributed by atoms with E-state index in [1.165, 1.54) is 22.5 Å². The number of carbonyl (C=O) groups excluding carboxylic acids is 1. The summed E-state index contributed by atoms with van der Waals surface area (Å²) in [5.74, 6) is -0.216. The second kappa shape index (κ2) is 10.5. The summed E-state index contributed by atoms with van der Waals surface area (Å²) in [6.45, 7) is 4.35. The number of ether oxygens (including phenoxy) is 1. The summed E-state index contributed by atoms with van der Waals surface area (Å²) in [5.41, 5.74) is 1.12. The molecule has 0 heterocycles. The number of nitrogens with one attached hydrogen (secondary N) is 1. The predicted octanol–water partition coefficient (Wildman–Crippen LogP) is 3.11. The van der Waals surface area contributed by atoms with Crippen LogP contribution in [0.15, 0.2) is 53.4 Å². The van der Waals surface area contributed by atoms with E-state index in [1.54, 1.807) is 13.8 Å². The summed E-state index contributed by atoms with van der Waals surface area (Å²) in [4.78, 5) is 12.0. The Kier molecular flexibility index (Phi) is 8.29. The van der Waals surface area contributed by atoms with Gasteiger partial charge in [0.05, 0.1) is 0 Å². The van der Waals surface area contributed by atoms with Crippen molar-refractivity contribution in [3.8, 4) is 5.75 Å². The molecule has 152 valence electrons. The third kappa shape index (κ3) is 5.95. The van der Waals surface area contributed by atoms with Gasteiger partial charge in [0.25, 0.3) is 5.91 Å². The van der Waals surface area contributed by atoms with Gasteiger partial charge in [-0.2, -0.15) is 4.31 Å². The van der Waals surface area contributed by atoms with E-state index in [0.717, 1.165) is 5.56 Å². The molecule has 0 fully saturated rings. The van der Waals surface area contributed by atoms with Crippen LogP contribution in [0.5, 0.6) is 5.75 Å². The van der Waals surface area contributed by atoms with Gasteiger partial charge < -0.3 is 10.1 Å². The molecule has 1 N–H and O–H groups in total. The van der Waals surface area contributed by atoms with E-state index in [4.69, 9.17) is 16.3 Å². The molecule has 1 amide bonds. The van der Waals surface area contributed by atoms with Gasteiger partial charge in [0.1, 0.15) is 10.6 Å². The molecule has 0 saturated carbocycles. The fourth-order valence-electron chi connectivity index (χ4n) is 2.69. The quantitative estimate of drug-likeness (QED) is 0.635. The lowest BCUT2D eigenvalue weighted by Gasteiger charge is -2.20. The highest BCUT2D eigenvalue weighted by Crippen LogP contribution is 2.29. The van der Waals surface area contributed by atoms with Crippen molar-refractivity contribution in [1.29, 1.82) is 0 Å². The van der Waals surface area contributed by atoms with Crippen molar-refractivity contribution in [2.45, 2.75) is 25.2 Å². The monoisotopic (exact) mass is 424 g/mol. The molecule has 0 radical (unpaired) electrons. The van der Waals surface area contributed by atoms with E-state index < -0.39 is 10.0 Å². The number of nitrogens with zero attached hydrogens (tertiary/aromatic N) is 1. The predicted molar refractivity (Wildman–Crippen MR) is 110 cm³/mol. The molecule has 0 spiro atoms. The standard InChI is InChI=1S/C20H25ClN2O4S/c1-3-23(4-2)28(25,26)19-14-17(21)10-11-18(19)27-15-20(24)22-13-12-16-8-6-5-7-9-16/h5-11,14H,3-4,12-13,15H2,1-2H3,(H,22,24). The normalized spacial score (nSPS) is 11.4. The van der Waals surface area contributed by atoms with Crippen LogP contribution >= 0.6 is 11.6 Å². The number of rotatable bonds is 10. The van der Waals surface area contributed by atoms with Gasteiger partial charge in [-0.15, -0.1) is 0 Å². The van der Waals surface area contributed by atoms with Gasteiger partial charge in [-0.1, -0.05) is 55.8 Å². The number of halogens is 1. The second-order valence-electron chi connectivity index (χ2n) is 6.05. The number of hydrogen-bond acceptors (Lipinski definition) is 4. The molecule has 8 heteroatoms. The third-order valence-corrected chi connectivity index (χ3v) is 6.47. The zero-order valence-corrected chi connectivity index (χ0v) is 17.6. The van der Waals surface area contributed by atoms with Crippen molar-refractivity contribution in [3.63, 3.8) is 0 Å². The molecule has 6 nitrogen and oxygen atoms in total. The van der Waals surface area contributed by atoms with Crippen molar-refractivity contribution in [1.82, 2.24) is 9.62 Å². The molecule has 0 aliphatic rings. The van der Waals surface area contributed by atoms with Gasteiger partial charge in [-0.05, 0) is 30.2 Å². The third-order valence-electron chi connectivity index (χ3n) is 4.17. The lowest BCUT2D eigenvalue weighted by molar-refractivity contribution is -0.123. The molecule has 0 unspecified atom stereocenters. The van der Waals surface area contributed by atoms with E-state index >= 15 is 0 Å². The maximum absolute atomic E-state index is 12.8. The molecule has 0 atom stereocenters. The Morgan fingerprint density at radius 1 is 1.11 bits per heavy atom. The van der Waals surface area contributed by atoms with Crippen LogP contribution in [0.3, 0.4) is 0 Å². The van der Waals surface area contributed by atoms with Gasteiger partial charge in [0.2, 0.25) is 10.0 Å². The average molecular weight is 425 g/mol. The Balaban J connectivity index is 2.01. The van der Waals surface area contributed by atoms with Crippen molar-refractivity contribution in [2.24, 2.45) is 0 Å². The largest absolute Gasteiger partial charge is 0.482 e. The summed E-state index contributed by atoms with van der Waals surface area (Å²) in [6, 6.07) is 14.1. The number of sulfonamides is 1. The van der Waals surface area contributed by atoms with E-state index in [0.29, 0.717) is 26.1 Å². The summed E-state index contributed by atoms with van der Waals surface area (Å²) in [5, 5.41) is 3.05. The van der Waals surface area contributed by atoms with Crippen LogP contribution in [-0.4, -0.2) is 44.9 Å². The smallest absolute Gasteiger partial charge is 0.257 e. The van der Waals surface area contributed by atoms with E-state index in [9.17, 15) is 13.2 Å². The number of carbonyl (C=O) groups is 1. The second-order valence-corrected chi connectivity index (χ2v) is 8.40. The summed E-state index contributed by atoms with van der Waals surface area (Å²) >= 11 is 5.99. The van der Waals surface area contributed by atoms with E-state index in [-0.39, 0.29) is 28.2 Å². The number of benzene rings is 2. The van der Waals surface area contributed by atoms with Crippen LogP contribution in [-0.2, 0) is 21.2 Å². The highest BCUT2D eigenvalue weighted by atomic mass is 35.5. The summed E-state index contributed by atoms with van der Waals surface area (Å²) in [6.07, 6.45) is 0.703. The lowest BCUT2D eigenvalue weighted by Crippen LogP contribution is -2.32. The summed E-state index contributed by atoms with van der Waals surface area (Å²) < 4.78 is 32.5. The maximum atomic E-state index is 12.8. The van der Waals surface area contributed by atoms with Crippen molar-refractivity contribution >= 4 is 27.5 Å². The Labute approximate surface area is 171 Å². The topological polar surface area (TPSA) is 75.7 Å². The van der Waals surface area contributed by atoms with Crippen LogP contribution in [0.25, 0.3) is 0 Å². The lowest BCUT2D eigenvalue weighted by atomic mass is 10.1. The van der Waals surface area contributed by atoms with Crippen LogP contribution in [0.4, 0.5) is 0 Å². The first-order chi connectivity index (χ1) is 13.4. The Morgan fingerprint density at radius 3 is 2.43 bits per heavy atom. The van der Waals surface area contributed by atoms with Gasteiger partial charge in [-0.25, -0.2) is 8.42 Å². The molecule has 0 aliphatic carbocycles. The van der Waals surface area contributed by atoms with Crippen LogP contribution in [0.2, 0.25) is 5.02 Å². The fraction of sp³-hybridized carbons (Fsp3) is 0.350. The number of amides is 1. The van der Waals surface area contributed by atoms with Crippen LogP contribution in [0, 0.1) is 0 Å². The first-order valence-electron chi connectivity index (χ1n) is 9.11. The van der Waals surface area contributed by atoms with Crippen LogP contribution < -0.4 is 10.1 Å². The Bertz CT molecular complexity index is 884. The van der Waals surface area contributed by atoms with Crippen molar-refractivity contribution in [3.05, 3.63) is 59.1 Å². The minimum absolute atomic E-state index is 0.0409. The van der Waals surface area contributed by atoms with E-state index in [1.807, 2.05) is 30.3 Å². The van der Waals surface area contributed by atoms with Gasteiger partial charge >= 0.3 is 0 Å². The van der Waals surface area contributed by atoms with Crippen LogP contribution in [0.1, 0.15) is 19.4 Å². The highest BCUT2D eigenvalue weighted by molar-refractivity contribution is 7.89. The van der Waals surface area contributed by atoms with E-state index in [2.05, 4.69) is 5.32 Å². The Morgan fingerprint density at radius 2 is 1.79 bits per heavy atom. The molecule has 2 rings (SSSR count). The molecule has 28 heavy (non-hydrogen) atoms. The molecule has 0 aromatic heterocycles. The average Bonchev–Trinajstić information content (AvgIpc) is 2.68. The Hall–Kier alpha value is -2.09. The molecular formula is C20H25ClN2O4S. The molecular weight excluding hydrogens is 400 g/mol. The van der Waals surface area contributed by atoms with Crippen molar-refractivity contribution in [2.75, 3.05) is 26.2 Å². The highest BCUT2D eigenvalue weighted by Gasteiger charge is 2.26. The minimum Gasteiger partial charge on any atom is -0.482 e. The van der Waals surface area contributed by atoms with Gasteiger partial charge in [-0.3, -0.25) is 4.79 Å². The summed E-state index contributed by atoms with van der Waals surface area (Å²) in [7, 11) is -3.76. The van der Waals surface area contributed by atoms with Crippen molar-refractivity contribution < 1.29 is 17.9 Å². The first kappa shape index (κ1) is 22.2. The fourth-order valence-corrected chi connectivity index (χ4v) is 4.54. The first-order valence-corrected chi connectivity index (χ1v) is 10.9.